The second-order valence-electron chi connectivity index (χ2n) is 3.60. The molecule has 0 radical (unpaired) electrons. The van der Waals surface area contributed by atoms with Crippen LogP contribution in [0.1, 0.15) is 5.69 Å². The average Bonchev–Trinajstić information content (AvgIpc) is 2.32. The van der Waals surface area contributed by atoms with Gasteiger partial charge in [0.15, 0.2) is 0 Å². The van der Waals surface area contributed by atoms with Crippen molar-refractivity contribution < 1.29 is 9.13 Å². The molecule has 0 saturated heterocycles. The van der Waals surface area contributed by atoms with Crippen LogP contribution in [-0.4, -0.2) is 17.0 Å². The van der Waals surface area contributed by atoms with E-state index in [0.29, 0.717) is 17.6 Å². The first-order valence-corrected chi connectivity index (χ1v) is 5.62. The molecule has 2 rings (SSSR count). The Bertz CT molecular complexity index is 577. The Kier molecular flexibility index (Phi) is 3.62. The molecule has 94 valence electrons. The number of rotatable bonds is 3. The Morgan fingerprint density at radius 1 is 1.28 bits per heavy atom. The molecule has 4 nitrogen and oxygen atoms in total. The van der Waals surface area contributed by atoms with Gasteiger partial charge in [-0.15, -0.1) is 0 Å². The van der Waals surface area contributed by atoms with E-state index in [2.05, 4.69) is 15.3 Å². The molecule has 6 heteroatoms. The summed E-state index contributed by atoms with van der Waals surface area (Å²) >= 11 is 5.87. The van der Waals surface area contributed by atoms with Gasteiger partial charge in [0, 0.05) is 18.8 Å². The third-order valence-corrected chi connectivity index (χ3v) is 2.46. The van der Waals surface area contributed by atoms with Crippen LogP contribution in [-0.2, 0) is 0 Å². The van der Waals surface area contributed by atoms with Crippen LogP contribution in [0, 0.1) is 12.7 Å². The summed E-state index contributed by atoms with van der Waals surface area (Å²) < 4.78 is 18.4. The van der Waals surface area contributed by atoms with Crippen molar-refractivity contribution in [2.75, 3.05) is 12.4 Å². The fraction of sp³-hybridized carbons (Fsp3) is 0.167. The standard InChI is InChI=1S/C12H11ClFN3O/c1-7-5-11(17-12(15-2)16-7)18-10-4-3-8(14)6-9(10)13/h3-6H,1-2H3,(H,15,16,17). The summed E-state index contributed by atoms with van der Waals surface area (Å²) in [5.74, 6) is 0.726. The number of aromatic nitrogens is 2. The number of hydrogen-bond acceptors (Lipinski definition) is 4. The van der Waals surface area contributed by atoms with E-state index < -0.39 is 5.82 Å². The molecule has 2 aromatic rings. The van der Waals surface area contributed by atoms with E-state index in [4.69, 9.17) is 16.3 Å². The molecule has 0 saturated carbocycles. The quantitative estimate of drug-likeness (QED) is 0.926. The van der Waals surface area contributed by atoms with Gasteiger partial charge in [-0.2, -0.15) is 4.98 Å². The molecule has 0 aliphatic carbocycles. The molecule has 0 bridgehead atoms. The molecule has 1 aromatic heterocycles. The number of hydrogen-bond donors (Lipinski definition) is 1. The molecule has 0 aliphatic heterocycles. The lowest BCUT2D eigenvalue weighted by Crippen LogP contribution is -1.99. The molecule has 18 heavy (non-hydrogen) atoms. The van der Waals surface area contributed by atoms with Gasteiger partial charge in [0.1, 0.15) is 11.6 Å². The summed E-state index contributed by atoms with van der Waals surface area (Å²) in [5.41, 5.74) is 0.752. The van der Waals surface area contributed by atoms with Crippen molar-refractivity contribution in [1.29, 1.82) is 0 Å². The first-order chi connectivity index (χ1) is 8.58. The fourth-order valence-electron chi connectivity index (χ4n) is 1.37. The zero-order valence-corrected chi connectivity index (χ0v) is 10.6. The number of nitrogens with zero attached hydrogens (tertiary/aromatic N) is 2. The van der Waals surface area contributed by atoms with E-state index in [0.717, 1.165) is 5.69 Å². The van der Waals surface area contributed by atoms with E-state index in [-0.39, 0.29) is 5.02 Å². The van der Waals surface area contributed by atoms with Crippen molar-refractivity contribution in [1.82, 2.24) is 9.97 Å². The Hall–Kier alpha value is -1.88. The smallest absolute Gasteiger partial charge is 0.225 e. The van der Waals surface area contributed by atoms with Crippen molar-refractivity contribution in [2.45, 2.75) is 6.92 Å². The molecular weight excluding hydrogens is 257 g/mol. The maximum Gasteiger partial charge on any atom is 0.225 e. The number of benzene rings is 1. The minimum atomic E-state index is -0.415. The van der Waals surface area contributed by atoms with Crippen LogP contribution in [0.15, 0.2) is 24.3 Å². The third kappa shape index (κ3) is 2.87. The van der Waals surface area contributed by atoms with Crippen molar-refractivity contribution in [3.8, 4) is 11.6 Å². The van der Waals surface area contributed by atoms with Crippen LogP contribution in [0.25, 0.3) is 0 Å². The predicted octanol–water partition coefficient (Wildman–Crippen LogP) is 3.41. The number of nitrogens with one attached hydrogen (secondary N) is 1. The van der Waals surface area contributed by atoms with Crippen LogP contribution in [0.3, 0.4) is 0 Å². The Balaban J connectivity index is 2.30. The van der Waals surface area contributed by atoms with Crippen molar-refractivity contribution >= 4 is 17.5 Å². The van der Waals surface area contributed by atoms with E-state index in [9.17, 15) is 4.39 Å². The second kappa shape index (κ2) is 5.18. The zero-order valence-electron chi connectivity index (χ0n) is 9.87. The van der Waals surface area contributed by atoms with E-state index in [1.165, 1.54) is 18.2 Å². The topological polar surface area (TPSA) is 47.0 Å². The maximum absolute atomic E-state index is 12.9. The monoisotopic (exact) mass is 267 g/mol. The lowest BCUT2D eigenvalue weighted by molar-refractivity contribution is 0.460. The molecule has 0 fully saturated rings. The minimum Gasteiger partial charge on any atom is -0.437 e. The Morgan fingerprint density at radius 2 is 2.06 bits per heavy atom. The van der Waals surface area contributed by atoms with Crippen molar-refractivity contribution in [3.63, 3.8) is 0 Å². The highest BCUT2D eigenvalue weighted by molar-refractivity contribution is 6.32. The molecule has 0 amide bonds. The second-order valence-corrected chi connectivity index (χ2v) is 4.01. The van der Waals surface area contributed by atoms with Gasteiger partial charge in [0.05, 0.1) is 5.02 Å². The van der Waals surface area contributed by atoms with E-state index in [1.54, 1.807) is 13.1 Å². The van der Waals surface area contributed by atoms with Gasteiger partial charge in [-0.05, 0) is 25.1 Å². The molecule has 1 heterocycles. The zero-order chi connectivity index (χ0) is 13.1. The highest BCUT2D eigenvalue weighted by Crippen LogP contribution is 2.29. The molecule has 0 spiro atoms. The first-order valence-electron chi connectivity index (χ1n) is 5.25. The summed E-state index contributed by atoms with van der Waals surface area (Å²) in [5, 5.41) is 3.01. The summed E-state index contributed by atoms with van der Waals surface area (Å²) in [4.78, 5) is 8.25. The van der Waals surface area contributed by atoms with Crippen LogP contribution < -0.4 is 10.1 Å². The van der Waals surface area contributed by atoms with Gasteiger partial charge in [-0.1, -0.05) is 11.6 Å². The molecule has 0 unspecified atom stereocenters. The largest absolute Gasteiger partial charge is 0.437 e. The number of halogens is 2. The van der Waals surface area contributed by atoms with Crippen LogP contribution in [0.5, 0.6) is 11.6 Å². The lowest BCUT2D eigenvalue weighted by Gasteiger charge is -2.08. The Morgan fingerprint density at radius 3 is 2.72 bits per heavy atom. The van der Waals surface area contributed by atoms with Gasteiger partial charge < -0.3 is 10.1 Å². The van der Waals surface area contributed by atoms with Crippen molar-refractivity contribution in [3.05, 3.63) is 40.8 Å². The average molecular weight is 268 g/mol. The highest BCUT2D eigenvalue weighted by Gasteiger charge is 2.07. The van der Waals surface area contributed by atoms with Crippen LogP contribution in [0.2, 0.25) is 5.02 Å². The summed E-state index contributed by atoms with van der Waals surface area (Å²) in [6.07, 6.45) is 0. The molecule has 1 N–H and O–H groups in total. The normalized spacial score (nSPS) is 10.2. The van der Waals surface area contributed by atoms with Gasteiger partial charge >= 0.3 is 0 Å². The molecule has 0 atom stereocenters. The molecular formula is C12H11ClFN3O. The number of aryl methyl sites for hydroxylation is 1. The van der Waals surface area contributed by atoms with Crippen molar-refractivity contribution in [2.24, 2.45) is 0 Å². The van der Waals surface area contributed by atoms with E-state index in [1.807, 2.05) is 6.92 Å². The van der Waals surface area contributed by atoms with E-state index >= 15 is 0 Å². The Labute approximate surface area is 109 Å². The summed E-state index contributed by atoms with van der Waals surface area (Å²) in [6, 6.07) is 5.58. The van der Waals surface area contributed by atoms with Gasteiger partial charge in [-0.3, -0.25) is 0 Å². The number of ether oxygens (including phenoxy) is 1. The maximum atomic E-state index is 12.9. The van der Waals surface area contributed by atoms with Gasteiger partial charge in [0.2, 0.25) is 11.8 Å². The number of anilines is 1. The van der Waals surface area contributed by atoms with Crippen LogP contribution >= 0.6 is 11.6 Å². The predicted molar refractivity (Wildman–Crippen MR) is 67.8 cm³/mol. The fourth-order valence-corrected chi connectivity index (χ4v) is 1.58. The summed E-state index contributed by atoms with van der Waals surface area (Å²) in [6.45, 7) is 1.82. The minimum absolute atomic E-state index is 0.192. The first kappa shape index (κ1) is 12.6. The molecule has 0 aliphatic rings. The van der Waals surface area contributed by atoms with Crippen LogP contribution in [0.4, 0.5) is 10.3 Å². The van der Waals surface area contributed by atoms with Gasteiger partial charge in [-0.25, -0.2) is 9.37 Å². The SMILES string of the molecule is CNc1nc(C)cc(Oc2ccc(F)cc2Cl)n1. The third-order valence-electron chi connectivity index (χ3n) is 2.16. The van der Waals surface area contributed by atoms with Gasteiger partial charge in [0.25, 0.3) is 0 Å². The summed E-state index contributed by atoms with van der Waals surface area (Å²) in [7, 11) is 1.71. The highest BCUT2D eigenvalue weighted by atomic mass is 35.5. The molecule has 1 aromatic carbocycles. The lowest BCUT2D eigenvalue weighted by atomic mass is 10.3.